The summed E-state index contributed by atoms with van der Waals surface area (Å²) >= 11 is 0. The lowest BCUT2D eigenvalue weighted by Crippen LogP contribution is -2.24. The molecular formula is C15H13FO4S. The van der Waals surface area contributed by atoms with Gasteiger partial charge in [0.15, 0.2) is 15.1 Å². The molecule has 2 aromatic rings. The van der Waals surface area contributed by atoms with Crippen LogP contribution >= 0.6 is 0 Å². The molecule has 1 atom stereocenters. The minimum Gasteiger partial charge on any atom is -0.468 e. The van der Waals surface area contributed by atoms with Gasteiger partial charge in [-0.1, -0.05) is 30.3 Å². The smallest absolute Gasteiger partial charge is 0.329 e. The third kappa shape index (κ3) is 3.11. The first-order valence-corrected chi connectivity index (χ1v) is 7.63. The van der Waals surface area contributed by atoms with Crippen LogP contribution in [-0.2, 0) is 19.4 Å². The molecule has 21 heavy (non-hydrogen) atoms. The van der Waals surface area contributed by atoms with Gasteiger partial charge in [0.25, 0.3) is 0 Å². The van der Waals surface area contributed by atoms with Crippen LogP contribution in [0.4, 0.5) is 4.39 Å². The lowest BCUT2D eigenvalue weighted by Gasteiger charge is -2.16. The Bertz CT molecular complexity index is 741. The molecule has 0 saturated heterocycles. The Morgan fingerprint density at radius 1 is 1.10 bits per heavy atom. The molecule has 0 radical (unpaired) electrons. The van der Waals surface area contributed by atoms with E-state index in [-0.39, 0.29) is 10.5 Å². The van der Waals surface area contributed by atoms with E-state index in [2.05, 4.69) is 4.74 Å². The van der Waals surface area contributed by atoms with Gasteiger partial charge < -0.3 is 4.74 Å². The zero-order valence-electron chi connectivity index (χ0n) is 11.2. The molecule has 0 bridgehead atoms. The van der Waals surface area contributed by atoms with Gasteiger partial charge in [-0.2, -0.15) is 0 Å². The van der Waals surface area contributed by atoms with Crippen LogP contribution in [0.25, 0.3) is 0 Å². The number of carbonyl (C=O) groups excluding carboxylic acids is 1. The van der Waals surface area contributed by atoms with Crippen LogP contribution in [0, 0.1) is 5.82 Å². The van der Waals surface area contributed by atoms with Crippen molar-refractivity contribution in [2.45, 2.75) is 10.1 Å². The summed E-state index contributed by atoms with van der Waals surface area (Å²) in [6, 6.07) is 12.4. The van der Waals surface area contributed by atoms with Gasteiger partial charge in [0.05, 0.1) is 12.0 Å². The molecule has 0 aliphatic carbocycles. The zero-order valence-corrected chi connectivity index (χ0v) is 12.0. The summed E-state index contributed by atoms with van der Waals surface area (Å²) in [7, 11) is -2.93. The standard InChI is InChI=1S/C15H13FO4S/c1-20-15(17)14(11-6-5-7-12(16)10-11)21(18,19)13-8-3-2-4-9-13/h2-10,14H,1H3. The number of hydrogen-bond donors (Lipinski definition) is 0. The lowest BCUT2D eigenvalue weighted by atomic mass is 10.1. The molecule has 0 N–H and O–H groups in total. The Labute approximate surface area is 122 Å². The molecule has 110 valence electrons. The average molecular weight is 308 g/mol. The molecule has 0 aliphatic rings. The Balaban J connectivity index is 2.59. The molecule has 0 saturated carbocycles. The van der Waals surface area contributed by atoms with Gasteiger partial charge in [0.2, 0.25) is 0 Å². The van der Waals surface area contributed by atoms with Gasteiger partial charge in [-0.05, 0) is 29.8 Å². The molecule has 2 rings (SSSR count). The fourth-order valence-corrected chi connectivity index (χ4v) is 3.63. The highest BCUT2D eigenvalue weighted by Crippen LogP contribution is 2.30. The van der Waals surface area contributed by atoms with E-state index in [0.29, 0.717) is 0 Å². The van der Waals surface area contributed by atoms with Crippen LogP contribution in [-0.4, -0.2) is 21.5 Å². The van der Waals surface area contributed by atoms with Crippen molar-refractivity contribution in [1.29, 1.82) is 0 Å². The molecule has 1 unspecified atom stereocenters. The van der Waals surface area contributed by atoms with E-state index in [1.54, 1.807) is 18.2 Å². The van der Waals surface area contributed by atoms with E-state index >= 15 is 0 Å². The number of methoxy groups -OCH3 is 1. The minimum atomic E-state index is -4.02. The summed E-state index contributed by atoms with van der Waals surface area (Å²) in [5, 5.41) is -1.60. The van der Waals surface area contributed by atoms with Gasteiger partial charge in [-0.25, -0.2) is 12.8 Å². The van der Waals surface area contributed by atoms with Gasteiger partial charge in [-0.3, -0.25) is 4.79 Å². The van der Waals surface area contributed by atoms with Crippen molar-refractivity contribution in [3.8, 4) is 0 Å². The number of benzene rings is 2. The summed E-state index contributed by atoms with van der Waals surface area (Å²) < 4.78 is 43.2. The first kappa shape index (κ1) is 15.2. The molecule has 0 amide bonds. The molecule has 2 aromatic carbocycles. The largest absolute Gasteiger partial charge is 0.468 e. The lowest BCUT2D eigenvalue weighted by molar-refractivity contribution is -0.140. The predicted molar refractivity (Wildman–Crippen MR) is 74.8 cm³/mol. The fraction of sp³-hybridized carbons (Fsp3) is 0.133. The van der Waals surface area contributed by atoms with Crippen LogP contribution in [0.3, 0.4) is 0 Å². The van der Waals surface area contributed by atoms with E-state index in [0.717, 1.165) is 13.2 Å². The van der Waals surface area contributed by atoms with Crippen molar-refractivity contribution < 1.29 is 22.3 Å². The first-order chi connectivity index (χ1) is 9.96. The van der Waals surface area contributed by atoms with Gasteiger partial charge >= 0.3 is 5.97 Å². The van der Waals surface area contributed by atoms with Crippen LogP contribution in [0.2, 0.25) is 0 Å². The number of sulfone groups is 1. The number of hydrogen-bond acceptors (Lipinski definition) is 4. The monoisotopic (exact) mass is 308 g/mol. The second-order valence-electron chi connectivity index (χ2n) is 4.32. The Morgan fingerprint density at radius 3 is 2.33 bits per heavy atom. The topological polar surface area (TPSA) is 60.4 Å². The molecule has 0 spiro atoms. The number of rotatable bonds is 4. The second kappa shape index (κ2) is 6.05. The van der Waals surface area contributed by atoms with Crippen LogP contribution < -0.4 is 0 Å². The van der Waals surface area contributed by atoms with E-state index in [9.17, 15) is 17.6 Å². The summed E-state index contributed by atoms with van der Waals surface area (Å²) in [5.41, 5.74) is 0.0331. The molecule has 0 fully saturated rings. The number of halogens is 1. The summed E-state index contributed by atoms with van der Waals surface area (Å²) in [4.78, 5) is 11.9. The van der Waals surface area contributed by atoms with Crippen molar-refractivity contribution >= 4 is 15.8 Å². The first-order valence-electron chi connectivity index (χ1n) is 6.09. The quantitative estimate of drug-likeness (QED) is 0.814. The molecular weight excluding hydrogens is 295 g/mol. The summed E-state index contributed by atoms with van der Waals surface area (Å²) in [5.74, 6) is -1.57. The molecule has 4 nitrogen and oxygen atoms in total. The van der Waals surface area contributed by atoms with Crippen molar-refractivity contribution in [3.63, 3.8) is 0 Å². The molecule has 0 aliphatic heterocycles. The van der Waals surface area contributed by atoms with Crippen molar-refractivity contribution in [1.82, 2.24) is 0 Å². The van der Waals surface area contributed by atoms with E-state index in [4.69, 9.17) is 0 Å². The van der Waals surface area contributed by atoms with Crippen LogP contribution in [0.15, 0.2) is 59.5 Å². The van der Waals surface area contributed by atoms with Gasteiger partial charge in [0, 0.05) is 0 Å². The van der Waals surface area contributed by atoms with E-state index < -0.39 is 26.9 Å². The molecule has 0 aromatic heterocycles. The van der Waals surface area contributed by atoms with Gasteiger partial charge in [0.1, 0.15) is 5.82 Å². The Hall–Kier alpha value is -2.21. The van der Waals surface area contributed by atoms with E-state index in [1.807, 2.05) is 0 Å². The Kier molecular flexibility index (Phi) is 4.37. The number of carbonyl (C=O) groups is 1. The maximum absolute atomic E-state index is 13.3. The normalized spacial score (nSPS) is 12.7. The summed E-state index contributed by atoms with van der Waals surface area (Å²) in [6.07, 6.45) is 0. The van der Waals surface area contributed by atoms with Gasteiger partial charge in [-0.15, -0.1) is 0 Å². The third-order valence-corrected chi connectivity index (χ3v) is 4.96. The highest BCUT2D eigenvalue weighted by molar-refractivity contribution is 7.92. The summed E-state index contributed by atoms with van der Waals surface area (Å²) in [6.45, 7) is 0. The maximum Gasteiger partial charge on any atom is 0.329 e. The molecule has 6 heteroatoms. The van der Waals surface area contributed by atoms with Crippen molar-refractivity contribution in [3.05, 3.63) is 66.0 Å². The maximum atomic E-state index is 13.3. The molecule has 0 heterocycles. The predicted octanol–water partition coefficient (Wildman–Crippen LogP) is 2.51. The van der Waals surface area contributed by atoms with Crippen molar-refractivity contribution in [2.24, 2.45) is 0 Å². The highest BCUT2D eigenvalue weighted by Gasteiger charge is 2.36. The fourth-order valence-electron chi connectivity index (χ4n) is 1.96. The SMILES string of the molecule is COC(=O)C(c1cccc(F)c1)S(=O)(=O)c1ccccc1. The zero-order chi connectivity index (χ0) is 15.5. The van der Waals surface area contributed by atoms with E-state index in [1.165, 1.54) is 30.3 Å². The highest BCUT2D eigenvalue weighted by atomic mass is 32.2. The number of esters is 1. The van der Waals surface area contributed by atoms with Crippen LogP contribution in [0.5, 0.6) is 0 Å². The minimum absolute atomic E-state index is 0.0235. The number of ether oxygens (including phenoxy) is 1. The Morgan fingerprint density at radius 2 is 1.76 bits per heavy atom. The van der Waals surface area contributed by atoms with Crippen LogP contribution in [0.1, 0.15) is 10.8 Å². The second-order valence-corrected chi connectivity index (χ2v) is 6.35. The third-order valence-electron chi connectivity index (χ3n) is 2.95. The van der Waals surface area contributed by atoms with Crippen molar-refractivity contribution in [2.75, 3.05) is 7.11 Å². The average Bonchev–Trinajstić information content (AvgIpc) is 2.48.